The molecule has 2 nitrogen and oxygen atoms in total. The first-order valence-electron chi connectivity index (χ1n) is 6.33. The largest absolute Gasteiger partial charge is 0.496 e. The van der Waals surface area contributed by atoms with Crippen molar-refractivity contribution in [1.82, 2.24) is 0 Å². The molecule has 2 aromatic rings. The molecule has 2 N–H and O–H groups in total. The SMILES string of the molecule is COc1ccc(F)cc1CCC(N)c1ccccc1. The molecule has 0 aliphatic carbocycles. The van der Waals surface area contributed by atoms with Gasteiger partial charge in [0.05, 0.1) is 7.11 Å². The Bertz CT molecular complexity index is 528. The third-order valence-electron chi connectivity index (χ3n) is 3.19. The predicted molar refractivity (Wildman–Crippen MR) is 74.6 cm³/mol. The van der Waals surface area contributed by atoms with Crippen LogP contribution in [-0.4, -0.2) is 7.11 Å². The topological polar surface area (TPSA) is 35.2 Å². The van der Waals surface area contributed by atoms with Crippen molar-refractivity contribution in [2.75, 3.05) is 7.11 Å². The van der Waals surface area contributed by atoms with Gasteiger partial charge in [-0.05, 0) is 42.2 Å². The Balaban J connectivity index is 2.04. The smallest absolute Gasteiger partial charge is 0.123 e. The third kappa shape index (κ3) is 3.55. The number of benzene rings is 2. The summed E-state index contributed by atoms with van der Waals surface area (Å²) in [6.45, 7) is 0. The molecule has 0 radical (unpaired) electrons. The maximum absolute atomic E-state index is 13.2. The molecule has 0 amide bonds. The fraction of sp³-hybridized carbons (Fsp3) is 0.250. The van der Waals surface area contributed by atoms with E-state index in [1.54, 1.807) is 13.2 Å². The summed E-state index contributed by atoms with van der Waals surface area (Å²) in [5.41, 5.74) is 8.09. The zero-order valence-corrected chi connectivity index (χ0v) is 11.0. The van der Waals surface area contributed by atoms with Crippen molar-refractivity contribution in [2.24, 2.45) is 5.73 Å². The second-order valence-corrected chi connectivity index (χ2v) is 4.51. The zero-order chi connectivity index (χ0) is 13.7. The quantitative estimate of drug-likeness (QED) is 0.892. The highest BCUT2D eigenvalue weighted by atomic mass is 19.1. The summed E-state index contributed by atoms with van der Waals surface area (Å²) in [6, 6.07) is 14.4. The van der Waals surface area contributed by atoms with Crippen molar-refractivity contribution in [2.45, 2.75) is 18.9 Å². The summed E-state index contributed by atoms with van der Waals surface area (Å²) >= 11 is 0. The minimum atomic E-state index is -0.246. The summed E-state index contributed by atoms with van der Waals surface area (Å²) in [6.07, 6.45) is 1.45. The van der Waals surface area contributed by atoms with E-state index in [1.165, 1.54) is 12.1 Å². The number of hydrogen-bond acceptors (Lipinski definition) is 2. The van der Waals surface area contributed by atoms with Gasteiger partial charge in [-0.3, -0.25) is 0 Å². The van der Waals surface area contributed by atoms with Gasteiger partial charge in [0, 0.05) is 6.04 Å². The third-order valence-corrected chi connectivity index (χ3v) is 3.19. The number of aryl methyl sites for hydroxylation is 1. The van der Waals surface area contributed by atoms with E-state index in [9.17, 15) is 4.39 Å². The highest BCUT2D eigenvalue weighted by Gasteiger charge is 2.09. The van der Waals surface area contributed by atoms with E-state index < -0.39 is 0 Å². The fourth-order valence-corrected chi connectivity index (χ4v) is 2.12. The highest BCUT2D eigenvalue weighted by Crippen LogP contribution is 2.23. The molecular formula is C16H18FNO. The van der Waals surface area contributed by atoms with Gasteiger partial charge >= 0.3 is 0 Å². The number of ether oxygens (including phenoxy) is 1. The van der Waals surface area contributed by atoms with Crippen molar-refractivity contribution in [1.29, 1.82) is 0 Å². The van der Waals surface area contributed by atoms with Gasteiger partial charge in [0.2, 0.25) is 0 Å². The lowest BCUT2D eigenvalue weighted by Gasteiger charge is -2.13. The van der Waals surface area contributed by atoms with Crippen LogP contribution in [-0.2, 0) is 6.42 Å². The lowest BCUT2D eigenvalue weighted by Crippen LogP contribution is -2.11. The number of hydrogen-bond donors (Lipinski definition) is 1. The molecule has 0 aliphatic heterocycles. The molecule has 0 saturated heterocycles. The molecule has 19 heavy (non-hydrogen) atoms. The Labute approximate surface area is 113 Å². The van der Waals surface area contributed by atoms with Crippen LogP contribution in [0.4, 0.5) is 4.39 Å². The lowest BCUT2D eigenvalue weighted by molar-refractivity contribution is 0.407. The Morgan fingerprint density at radius 3 is 2.58 bits per heavy atom. The molecule has 0 aliphatic rings. The van der Waals surface area contributed by atoms with E-state index in [0.717, 1.165) is 17.5 Å². The van der Waals surface area contributed by atoms with E-state index in [1.807, 2.05) is 30.3 Å². The number of halogens is 1. The van der Waals surface area contributed by atoms with Crippen LogP contribution in [0, 0.1) is 5.82 Å². The van der Waals surface area contributed by atoms with Crippen LogP contribution in [0.15, 0.2) is 48.5 Å². The van der Waals surface area contributed by atoms with Crippen LogP contribution < -0.4 is 10.5 Å². The standard InChI is InChI=1S/C16H18FNO/c1-19-16-10-8-14(17)11-13(16)7-9-15(18)12-5-3-2-4-6-12/h2-6,8,10-11,15H,7,9,18H2,1H3. The Kier molecular flexibility index (Phi) is 4.53. The predicted octanol–water partition coefficient (Wildman–Crippen LogP) is 3.47. The Morgan fingerprint density at radius 2 is 1.89 bits per heavy atom. The van der Waals surface area contributed by atoms with Gasteiger partial charge in [-0.2, -0.15) is 0 Å². The number of methoxy groups -OCH3 is 1. The van der Waals surface area contributed by atoms with E-state index in [4.69, 9.17) is 10.5 Å². The van der Waals surface area contributed by atoms with Gasteiger partial charge in [0.25, 0.3) is 0 Å². The van der Waals surface area contributed by atoms with Crippen LogP contribution in [0.5, 0.6) is 5.75 Å². The summed E-state index contributed by atoms with van der Waals surface area (Å²) in [5, 5.41) is 0. The minimum absolute atomic E-state index is 0.0471. The van der Waals surface area contributed by atoms with Gasteiger partial charge in [-0.1, -0.05) is 30.3 Å². The molecular weight excluding hydrogens is 241 g/mol. The maximum Gasteiger partial charge on any atom is 0.123 e. The average molecular weight is 259 g/mol. The first kappa shape index (κ1) is 13.6. The molecule has 0 heterocycles. The van der Waals surface area contributed by atoms with E-state index >= 15 is 0 Å². The normalized spacial score (nSPS) is 12.2. The Morgan fingerprint density at radius 1 is 1.16 bits per heavy atom. The van der Waals surface area contributed by atoms with Crippen LogP contribution in [0.25, 0.3) is 0 Å². The molecule has 2 rings (SSSR count). The number of rotatable bonds is 5. The van der Waals surface area contributed by atoms with Crippen molar-refractivity contribution in [3.8, 4) is 5.75 Å². The summed E-state index contributed by atoms with van der Waals surface area (Å²) < 4.78 is 18.5. The number of nitrogens with two attached hydrogens (primary N) is 1. The average Bonchev–Trinajstić information content (AvgIpc) is 2.46. The molecule has 100 valence electrons. The molecule has 3 heteroatoms. The first-order valence-corrected chi connectivity index (χ1v) is 6.33. The summed E-state index contributed by atoms with van der Waals surface area (Å²) in [4.78, 5) is 0. The van der Waals surface area contributed by atoms with Crippen LogP contribution in [0.2, 0.25) is 0 Å². The maximum atomic E-state index is 13.2. The van der Waals surface area contributed by atoms with Crippen LogP contribution in [0.1, 0.15) is 23.6 Å². The van der Waals surface area contributed by atoms with Gasteiger partial charge in [0.15, 0.2) is 0 Å². The van der Waals surface area contributed by atoms with Gasteiger partial charge in [0.1, 0.15) is 11.6 Å². The van der Waals surface area contributed by atoms with Gasteiger partial charge in [-0.25, -0.2) is 4.39 Å². The monoisotopic (exact) mass is 259 g/mol. The summed E-state index contributed by atoms with van der Waals surface area (Å²) in [5.74, 6) is 0.464. The summed E-state index contributed by atoms with van der Waals surface area (Å²) in [7, 11) is 1.59. The second-order valence-electron chi connectivity index (χ2n) is 4.51. The minimum Gasteiger partial charge on any atom is -0.496 e. The molecule has 1 unspecified atom stereocenters. The Hall–Kier alpha value is -1.87. The van der Waals surface area contributed by atoms with Crippen molar-refractivity contribution in [3.63, 3.8) is 0 Å². The van der Waals surface area contributed by atoms with Gasteiger partial charge < -0.3 is 10.5 Å². The second kappa shape index (κ2) is 6.34. The molecule has 1 atom stereocenters. The van der Waals surface area contributed by atoms with Crippen molar-refractivity contribution < 1.29 is 9.13 Å². The first-order chi connectivity index (χ1) is 9.20. The van der Waals surface area contributed by atoms with Gasteiger partial charge in [-0.15, -0.1) is 0 Å². The molecule has 0 fully saturated rings. The zero-order valence-electron chi connectivity index (χ0n) is 11.0. The van der Waals surface area contributed by atoms with Crippen molar-refractivity contribution in [3.05, 3.63) is 65.5 Å². The van der Waals surface area contributed by atoms with Crippen molar-refractivity contribution >= 4 is 0 Å². The van der Waals surface area contributed by atoms with E-state index in [2.05, 4.69) is 0 Å². The molecule has 0 spiro atoms. The molecule has 0 bridgehead atoms. The lowest BCUT2D eigenvalue weighted by atomic mass is 9.99. The molecule has 2 aromatic carbocycles. The molecule has 0 aromatic heterocycles. The van der Waals surface area contributed by atoms with Crippen LogP contribution in [0.3, 0.4) is 0 Å². The molecule has 0 saturated carbocycles. The highest BCUT2D eigenvalue weighted by molar-refractivity contribution is 5.34. The van der Waals surface area contributed by atoms with E-state index in [-0.39, 0.29) is 11.9 Å². The van der Waals surface area contributed by atoms with E-state index in [0.29, 0.717) is 12.2 Å². The fourth-order valence-electron chi connectivity index (χ4n) is 2.12. The van der Waals surface area contributed by atoms with Crippen LogP contribution >= 0.6 is 0 Å².